The number of fused-ring (bicyclic) bond motifs is 3. The first-order valence-corrected chi connectivity index (χ1v) is 14.2. The lowest BCUT2D eigenvalue weighted by atomic mass is 9.97. The molecule has 194 valence electrons. The summed E-state index contributed by atoms with van der Waals surface area (Å²) in [7, 11) is 0. The van der Waals surface area contributed by atoms with E-state index in [4.69, 9.17) is 0 Å². The normalized spacial score (nSPS) is 14.1. The number of unbranched alkanes of at least 4 members (excludes halogenated alkanes) is 1. The number of anilines is 1. The summed E-state index contributed by atoms with van der Waals surface area (Å²) in [5.74, 6) is 0.216. The molecule has 1 aliphatic heterocycles. The molecule has 2 heterocycles. The van der Waals surface area contributed by atoms with E-state index >= 15 is 0 Å². The van der Waals surface area contributed by atoms with Crippen LogP contribution in [0.1, 0.15) is 42.6 Å². The Hall–Kier alpha value is -3.77. The minimum Gasteiger partial charge on any atom is -0.333 e. The van der Waals surface area contributed by atoms with Crippen molar-refractivity contribution < 1.29 is 9.59 Å². The van der Waals surface area contributed by atoms with Crippen molar-refractivity contribution in [2.24, 2.45) is 0 Å². The molecule has 5 rings (SSSR count). The van der Waals surface area contributed by atoms with E-state index in [-0.39, 0.29) is 24.4 Å². The molecular formula is C32H33N3O2S. The SMILES string of the molecule is CCCCN(CC(=O)N1c2ccccc2-n2cccc2C1c1ccc(C)cc1)C(=O)CSc1ccccc1. The number of nitrogens with zero attached hydrogens (tertiary/aromatic N) is 3. The number of carbonyl (C=O) groups is 2. The molecule has 1 unspecified atom stereocenters. The second-order valence-corrected chi connectivity index (χ2v) is 10.7. The number of carbonyl (C=O) groups excluding carboxylic acids is 2. The fraction of sp³-hybridized carbons (Fsp3) is 0.250. The van der Waals surface area contributed by atoms with Gasteiger partial charge in [0, 0.05) is 17.6 Å². The van der Waals surface area contributed by atoms with E-state index in [1.54, 1.807) is 4.90 Å². The quantitative estimate of drug-likeness (QED) is 0.231. The van der Waals surface area contributed by atoms with Gasteiger partial charge in [-0.15, -0.1) is 11.8 Å². The van der Waals surface area contributed by atoms with Crippen LogP contribution >= 0.6 is 11.8 Å². The van der Waals surface area contributed by atoms with Gasteiger partial charge < -0.3 is 9.47 Å². The van der Waals surface area contributed by atoms with Crippen LogP contribution in [0.2, 0.25) is 0 Å². The van der Waals surface area contributed by atoms with Crippen LogP contribution in [-0.4, -0.2) is 40.1 Å². The summed E-state index contributed by atoms with van der Waals surface area (Å²) in [6.45, 7) is 4.78. The van der Waals surface area contributed by atoms with Crippen LogP contribution in [0.4, 0.5) is 5.69 Å². The predicted molar refractivity (Wildman–Crippen MR) is 155 cm³/mol. The van der Waals surface area contributed by atoms with E-state index in [0.717, 1.165) is 40.4 Å². The van der Waals surface area contributed by atoms with Crippen molar-refractivity contribution in [3.05, 3.63) is 114 Å². The zero-order valence-corrected chi connectivity index (χ0v) is 22.7. The number of aryl methyl sites for hydroxylation is 1. The molecule has 38 heavy (non-hydrogen) atoms. The maximum Gasteiger partial charge on any atom is 0.247 e. The first-order valence-electron chi connectivity index (χ1n) is 13.2. The van der Waals surface area contributed by atoms with E-state index < -0.39 is 0 Å². The maximum absolute atomic E-state index is 14.2. The molecule has 1 aliphatic rings. The Labute approximate surface area is 229 Å². The van der Waals surface area contributed by atoms with Crippen molar-refractivity contribution in [2.75, 3.05) is 23.7 Å². The Morgan fingerprint density at radius 1 is 0.868 bits per heavy atom. The number of thioether (sulfide) groups is 1. The summed E-state index contributed by atoms with van der Waals surface area (Å²) in [6.07, 6.45) is 3.86. The molecule has 5 nitrogen and oxygen atoms in total. The number of benzene rings is 3. The Bertz CT molecular complexity index is 1400. The predicted octanol–water partition coefficient (Wildman–Crippen LogP) is 6.64. The maximum atomic E-state index is 14.2. The van der Waals surface area contributed by atoms with E-state index in [1.807, 2.05) is 65.6 Å². The highest BCUT2D eigenvalue weighted by atomic mass is 32.2. The molecule has 0 N–H and O–H groups in total. The van der Waals surface area contributed by atoms with Gasteiger partial charge in [0.15, 0.2) is 0 Å². The third-order valence-electron chi connectivity index (χ3n) is 6.95. The first-order chi connectivity index (χ1) is 18.6. The average molecular weight is 524 g/mol. The molecule has 4 aromatic rings. The fourth-order valence-electron chi connectivity index (χ4n) is 4.96. The van der Waals surface area contributed by atoms with Crippen LogP contribution < -0.4 is 4.90 Å². The zero-order chi connectivity index (χ0) is 26.5. The van der Waals surface area contributed by atoms with Crippen LogP contribution in [0.15, 0.2) is 102 Å². The molecule has 0 bridgehead atoms. The summed E-state index contributed by atoms with van der Waals surface area (Å²) >= 11 is 1.51. The summed E-state index contributed by atoms with van der Waals surface area (Å²) in [4.78, 5) is 32.3. The number of hydrogen-bond donors (Lipinski definition) is 0. The van der Waals surface area contributed by atoms with Crippen molar-refractivity contribution in [1.82, 2.24) is 9.47 Å². The van der Waals surface area contributed by atoms with E-state index in [9.17, 15) is 9.59 Å². The minimum atomic E-state index is -0.283. The Kier molecular flexibility index (Phi) is 7.99. The van der Waals surface area contributed by atoms with E-state index in [1.165, 1.54) is 17.3 Å². The molecule has 0 saturated heterocycles. The highest BCUT2D eigenvalue weighted by Crippen LogP contribution is 2.42. The summed E-state index contributed by atoms with van der Waals surface area (Å²) in [5, 5.41) is 0. The Morgan fingerprint density at radius 2 is 1.58 bits per heavy atom. The zero-order valence-electron chi connectivity index (χ0n) is 21.9. The molecule has 1 aromatic heterocycles. The largest absolute Gasteiger partial charge is 0.333 e. The van der Waals surface area contributed by atoms with Gasteiger partial charge in [0.2, 0.25) is 11.8 Å². The number of aromatic nitrogens is 1. The van der Waals surface area contributed by atoms with Crippen molar-refractivity contribution in [3.8, 4) is 5.69 Å². The molecular weight excluding hydrogens is 490 g/mol. The first kappa shape index (κ1) is 25.9. The lowest BCUT2D eigenvalue weighted by Crippen LogP contribution is -2.47. The van der Waals surface area contributed by atoms with E-state index in [0.29, 0.717) is 12.3 Å². The molecule has 0 aliphatic carbocycles. The number of amides is 2. The van der Waals surface area contributed by atoms with Gasteiger partial charge in [0.1, 0.15) is 12.6 Å². The Morgan fingerprint density at radius 3 is 2.32 bits per heavy atom. The molecule has 0 spiro atoms. The van der Waals surface area contributed by atoms with Crippen LogP contribution in [0, 0.1) is 6.92 Å². The average Bonchev–Trinajstić information content (AvgIpc) is 3.44. The van der Waals surface area contributed by atoms with Crippen LogP contribution in [0.3, 0.4) is 0 Å². The number of hydrogen-bond acceptors (Lipinski definition) is 3. The monoisotopic (exact) mass is 523 g/mol. The minimum absolute atomic E-state index is 0.0128. The smallest absolute Gasteiger partial charge is 0.247 e. The second-order valence-electron chi connectivity index (χ2n) is 9.64. The lowest BCUT2D eigenvalue weighted by Gasteiger charge is -2.39. The molecule has 0 saturated carbocycles. The van der Waals surface area contributed by atoms with Gasteiger partial charge in [0.25, 0.3) is 0 Å². The van der Waals surface area contributed by atoms with E-state index in [2.05, 4.69) is 54.9 Å². The third kappa shape index (κ3) is 5.41. The van der Waals surface area contributed by atoms with Crippen LogP contribution in [0.25, 0.3) is 5.69 Å². The lowest BCUT2D eigenvalue weighted by molar-refractivity contribution is -0.133. The van der Waals surface area contributed by atoms with Gasteiger partial charge in [-0.25, -0.2) is 0 Å². The van der Waals surface area contributed by atoms with Crippen molar-refractivity contribution in [2.45, 2.75) is 37.6 Å². The summed E-state index contributed by atoms with van der Waals surface area (Å²) in [5.41, 5.74) is 5.07. The molecule has 0 fully saturated rings. The van der Waals surface area contributed by atoms with Crippen molar-refractivity contribution in [3.63, 3.8) is 0 Å². The third-order valence-corrected chi connectivity index (χ3v) is 7.94. The fourth-order valence-corrected chi connectivity index (χ4v) is 5.78. The number of para-hydroxylation sites is 2. The van der Waals surface area contributed by atoms with Gasteiger partial charge in [-0.2, -0.15) is 0 Å². The van der Waals surface area contributed by atoms with Gasteiger partial charge in [0.05, 0.1) is 22.8 Å². The van der Waals surface area contributed by atoms with Gasteiger partial charge in [-0.1, -0.05) is 73.5 Å². The van der Waals surface area contributed by atoms with Crippen LogP contribution in [0.5, 0.6) is 0 Å². The standard InChI is InChI=1S/C32H33N3O2S/c1-3-4-20-33(31(37)23-38-26-11-6-5-7-12-26)22-30(36)35-28-14-9-8-13-27(28)34-21-10-15-29(34)32(35)25-18-16-24(2)17-19-25/h5-19,21,32H,3-4,20,22-23H2,1-2H3. The van der Waals surface area contributed by atoms with Crippen molar-refractivity contribution >= 4 is 29.3 Å². The summed E-state index contributed by atoms with van der Waals surface area (Å²) in [6, 6.07) is 30.1. The molecule has 3 aromatic carbocycles. The van der Waals surface area contributed by atoms with Gasteiger partial charge >= 0.3 is 0 Å². The molecule has 6 heteroatoms. The van der Waals surface area contributed by atoms with Crippen molar-refractivity contribution in [1.29, 1.82) is 0 Å². The molecule has 0 radical (unpaired) electrons. The molecule has 2 amide bonds. The van der Waals surface area contributed by atoms with Gasteiger partial charge in [-0.3, -0.25) is 14.5 Å². The molecule has 1 atom stereocenters. The highest BCUT2D eigenvalue weighted by Gasteiger charge is 2.36. The second kappa shape index (κ2) is 11.7. The highest BCUT2D eigenvalue weighted by molar-refractivity contribution is 8.00. The van der Waals surface area contributed by atoms with Crippen LogP contribution in [-0.2, 0) is 9.59 Å². The van der Waals surface area contributed by atoms with Gasteiger partial charge in [-0.05, 0) is 55.3 Å². The number of rotatable bonds is 9. The topological polar surface area (TPSA) is 45.6 Å². The Balaban J connectivity index is 1.46. The summed E-state index contributed by atoms with van der Waals surface area (Å²) < 4.78 is 2.17.